The average Bonchev–Trinajstić information content (AvgIpc) is 2.25. The maximum atomic E-state index is 11.6. The van der Waals surface area contributed by atoms with Crippen LogP contribution in [-0.4, -0.2) is 35.7 Å². The van der Waals surface area contributed by atoms with E-state index in [9.17, 15) is 16.8 Å². The summed E-state index contributed by atoms with van der Waals surface area (Å²) in [7, 11) is -7.18. The van der Waals surface area contributed by atoms with Crippen molar-refractivity contribution in [3.05, 3.63) is 17.7 Å². The van der Waals surface area contributed by atoms with Crippen molar-refractivity contribution in [1.29, 1.82) is 0 Å². The first kappa shape index (κ1) is 15.9. The second-order valence-corrected chi connectivity index (χ2v) is 6.67. The smallest absolute Gasteiger partial charge is 0.242 e. The minimum Gasteiger partial charge on any atom is -0.495 e. The first-order valence-corrected chi connectivity index (χ1v) is 8.08. The Morgan fingerprint density at radius 1 is 1.16 bits per heavy atom. The second-order valence-electron chi connectivity index (χ2n) is 3.64. The Labute approximate surface area is 111 Å². The predicted octanol–water partition coefficient (Wildman–Crippen LogP) is -1.48. The van der Waals surface area contributed by atoms with Crippen LogP contribution in [0.4, 0.5) is 0 Å². The fourth-order valence-electron chi connectivity index (χ4n) is 1.68. The van der Waals surface area contributed by atoms with Gasteiger partial charge in [-0.1, -0.05) is 0 Å². The van der Waals surface area contributed by atoms with E-state index in [1.54, 1.807) is 0 Å². The minimum absolute atomic E-state index is 0.113. The Morgan fingerprint density at radius 3 is 2.11 bits per heavy atom. The van der Waals surface area contributed by atoms with E-state index in [0.29, 0.717) is 0 Å². The molecular weight excluding hydrogens is 296 g/mol. The normalized spacial score (nSPS) is 12.4. The number of nitrogens with two attached hydrogens (primary N) is 2. The molecule has 0 amide bonds. The van der Waals surface area contributed by atoms with E-state index in [-0.39, 0.29) is 17.7 Å². The van der Waals surface area contributed by atoms with Crippen LogP contribution in [0.25, 0.3) is 0 Å². The van der Waals surface area contributed by atoms with E-state index in [1.165, 1.54) is 7.11 Å². The molecule has 108 valence electrons. The molecule has 0 atom stereocenters. The predicted molar refractivity (Wildman–Crippen MR) is 66.5 cm³/mol. The Balaban J connectivity index is 3.84. The lowest BCUT2D eigenvalue weighted by molar-refractivity contribution is 0.297. The molecule has 1 rings (SSSR count). The molecule has 0 aliphatic carbocycles. The largest absolute Gasteiger partial charge is 0.495 e. The molecule has 1 aromatic carbocycles. The van der Waals surface area contributed by atoms with Crippen molar-refractivity contribution < 1.29 is 26.7 Å². The monoisotopic (exact) mass is 310 g/mol. The van der Waals surface area contributed by atoms with Crippen LogP contribution in [0.2, 0.25) is 0 Å². The molecule has 0 saturated heterocycles. The third-order valence-electron chi connectivity index (χ3n) is 2.35. The molecule has 0 fully saturated rings. The van der Waals surface area contributed by atoms with E-state index in [2.05, 4.69) is 0 Å². The van der Waals surface area contributed by atoms with Crippen LogP contribution in [0.3, 0.4) is 0 Å². The molecule has 0 heterocycles. The molecule has 0 saturated carbocycles. The quantitative estimate of drug-likeness (QED) is 0.604. The Hall–Kier alpha value is -1.20. The summed E-state index contributed by atoms with van der Waals surface area (Å²) in [4.78, 5) is -0.901. The van der Waals surface area contributed by atoms with Crippen LogP contribution in [0.5, 0.6) is 5.75 Å². The van der Waals surface area contributed by atoms with Gasteiger partial charge >= 0.3 is 0 Å². The van der Waals surface area contributed by atoms with Gasteiger partial charge in [-0.25, -0.2) is 27.1 Å². The minimum atomic E-state index is -4.24. The third kappa shape index (κ3) is 3.42. The number of methoxy groups -OCH3 is 1. The van der Waals surface area contributed by atoms with Crippen LogP contribution in [0, 0.1) is 0 Å². The second kappa shape index (κ2) is 5.43. The van der Waals surface area contributed by atoms with Gasteiger partial charge in [-0.15, -0.1) is 0 Å². The summed E-state index contributed by atoms with van der Waals surface area (Å²) in [5.41, 5.74) is -0.188. The highest BCUT2D eigenvalue weighted by Gasteiger charge is 2.26. The molecule has 19 heavy (non-hydrogen) atoms. The van der Waals surface area contributed by atoms with Gasteiger partial charge in [-0.2, -0.15) is 0 Å². The van der Waals surface area contributed by atoms with Crippen molar-refractivity contribution in [2.45, 2.75) is 16.2 Å². The van der Waals surface area contributed by atoms with Crippen LogP contribution in [0.15, 0.2) is 21.9 Å². The molecular formula is C9H14N2O6S2. The number of rotatable bonds is 5. The van der Waals surface area contributed by atoms with E-state index >= 15 is 0 Å². The number of hydrogen-bond acceptors (Lipinski definition) is 6. The van der Waals surface area contributed by atoms with Crippen molar-refractivity contribution in [2.24, 2.45) is 10.3 Å². The summed E-state index contributed by atoms with van der Waals surface area (Å²) >= 11 is 0. The summed E-state index contributed by atoms with van der Waals surface area (Å²) in [5.74, 6) is -0.113. The fourth-order valence-corrected chi connectivity index (χ4v) is 3.53. The molecule has 8 nitrogen and oxygen atoms in total. The van der Waals surface area contributed by atoms with Gasteiger partial charge < -0.3 is 9.84 Å². The number of ether oxygens (including phenoxy) is 1. The Bertz CT molecular complexity index is 681. The Kier molecular flexibility index (Phi) is 4.53. The highest BCUT2D eigenvalue weighted by Crippen LogP contribution is 2.31. The van der Waals surface area contributed by atoms with Crippen LogP contribution in [0.1, 0.15) is 5.56 Å². The molecule has 5 N–H and O–H groups in total. The Morgan fingerprint density at radius 2 is 1.74 bits per heavy atom. The number of benzene rings is 1. The fraction of sp³-hybridized carbons (Fsp3) is 0.333. The standard InChI is InChI=1S/C9H14N2O6S2/c1-17-7-2-3-8(18(10,13)14)6(4-5-12)9(7)19(11,15)16/h2-3,12H,4-5H2,1H3,(H2,10,13,14)(H2,11,15,16). The number of hydrogen-bond donors (Lipinski definition) is 3. The van der Waals surface area contributed by atoms with Crippen LogP contribution in [-0.2, 0) is 26.5 Å². The van der Waals surface area contributed by atoms with Crippen molar-refractivity contribution in [3.63, 3.8) is 0 Å². The first-order chi connectivity index (χ1) is 8.62. The molecule has 0 unspecified atom stereocenters. The van der Waals surface area contributed by atoms with Gasteiger partial charge in [0.15, 0.2) is 0 Å². The van der Waals surface area contributed by atoms with Crippen molar-refractivity contribution in [1.82, 2.24) is 0 Å². The van der Waals surface area contributed by atoms with Crippen LogP contribution < -0.4 is 15.0 Å². The lowest BCUT2D eigenvalue weighted by Gasteiger charge is -2.14. The summed E-state index contributed by atoms with van der Waals surface area (Å²) in [6.07, 6.45) is -0.241. The van der Waals surface area contributed by atoms with E-state index < -0.39 is 36.4 Å². The topological polar surface area (TPSA) is 150 Å². The lowest BCUT2D eigenvalue weighted by Crippen LogP contribution is -2.21. The molecule has 0 aliphatic rings. The molecule has 0 spiro atoms. The maximum Gasteiger partial charge on any atom is 0.242 e. The third-order valence-corrected chi connectivity index (χ3v) is 4.37. The molecule has 0 aromatic heterocycles. The molecule has 0 radical (unpaired) electrons. The van der Waals surface area contributed by atoms with Gasteiger partial charge in [0.05, 0.1) is 12.0 Å². The summed E-state index contributed by atoms with van der Waals surface area (Å²) < 4.78 is 50.8. The number of sulfonamides is 2. The van der Waals surface area contributed by atoms with Crippen LogP contribution >= 0.6 is 0 Å². The highest BCUT2D eigenvalue weighted by atomic mass is 32.2. The average molecular weight is 310 g/mol. The van der Waals surface area contributed by atoms with Crippen molar-refractivity contribution in [3.8, 4) is 5.75 Å². The van der Waals surface area contributed by atoms with Gasteiger partial charge in [-0.3, -0.25) is 0 Å². The van der Waals surface area contributed by atoms with Gasteiger partial charge in [0, 0.05) is 6.61 Å². The number of aliphatic hydroxyl groups excluding tert-OH is 1. The van der Waals surface area contributed by atoms with Gasteiger partial charge in [-0.05, 0) is 24.1 Å². The lowest BCUT2D eigenvalue weighted by atomic mass is 10.1. The zero-order chi connectivity index (χ0) is 14.8. The molecule has 1 aromatic rings. The summed E-state index contributed by atoms with van der Waals surface area (Å²) in [6, 6.07) is 2.24. The van der Waals surface area contributed by atoms with E-state index in [0.717, 1.165) is 12.1 Å². The summed E-state index contributed by atoms with van der Waals surface area (Å²) in [6.45, 7) is -0.474. The van der Waals surface area contributed by atoms with Crippen molar-refractivity contribution in [2.75, 3.05) is 13.7 Å². The molecule has 0 aliphatic heterocycles. The highest BCUT2D eigenvalue weighted by molar-refractivity contribution is 7.90. The summed E-state index contributed by atoms with van der Waals surface area (Å²) in [5, 5.41) is 19.0. The number of aliphatic hydroxyl groups is 1. The van der Waals surface area contributed by atoms with E-state index in [4.69, 9.17) is 20.1 Å². The first-order valence-electron chi connectivity index (χ1n) is 4.99. The molecule has 10 heteroatoms. The van der Waals surface area contributed by atoms with Crippen molar-refractivity contribution >= 4 is 20.0 Å². The van der Waals surface area contributed by atoms with Gasteiger partial charge in [0.2, 0.25) is 20.0 Å². The number of primary sulfonamides is 2. The zero-order valence-electron chi connectivity index (χ0n) is 10.0. The zero-order valence-corrected chi connectivity index (χ0v) is 11.7. The van der Waals surface area contributed by atoms with E-state index in [1.807, 2.05) is 0 Å². The van der Waals surface area contributed by atoms with Gasteiger partial charge in [0.1, 0.15) is 10.6 Å². The molecule has 0 bridgehead atoms. The van der Waals surface area contributed by atoms with Gasteiger partial charge in [0.25, 0.3) is 0 Å². The maximum absolute atomic E-state index is 11.6. The SMILES string of the molecule is COc1ccc(S(N)(=O)=O)c(CCO)c1S(N)(=O)=O.